The number of benzene rings is 3. The molecular formula is C21H21NO3. The van der Waals surface area contributed by atoms with E-state index >= 15 is 0 Å². The average molecular weight is 335 g/mol. The number of nitrogens with one attached hydrogen (secondary N) is 1. The van der Waals surface area contributed by atoms with Crippen LogP contribution < -0.4 is 14.8 Å². The van der Waals surface area contributed by atoms with E-state index in [4.69, 9.17) is 9.47 Å². The number of ketones is 1. The van der Waals surface area contributed by atoms with Crippen molar-refractivity contribution < 1.29 is 14.3 Å². The Kier molecular flexibility index (Phi) is 5.19. The van der Waals surface area contributed by atoms with Gasteiger partial charge in [0, 0.05) is 24.6 Å². The highest BCUT2D eigenvalue weighted by Crippen LogP contribution is 2.29. The van der Waals surface area contributed by atoms with E-state index in [0.29, 0.717) is 18.7 Å². The average Bonchev–Trinajstić information content (AvgIpc) is 2.67. The van der Waals surface area contributed by atoms with E-state index in [1.165, 1.54) is 0 Å². The summed E-state index contributed by atoms with van der Waals surface area (Å²) in [5.41, 5.74) is 1.58. The summed E-state index contributed by atoms with van der Waals surface area (Å²) < 4.78 is 10.5. The molecule has 0 amide bonds. The number of anilines is 1. The first kappa shape index (κ1) is 16.8. The van der Waals surface area contributed by atoms with Crippen LogP contribution in [0.2, 0.25) is 0 Å². The lowest BCUT2D eigenvalue weighted by molar-refractivity contribution is 0.0986. The molecule has 0 saturated carbocycles. The van der Waals surface area contributed by atoms with E-state index in [-0.39, 0.29) is 5.78 Å². The molecule has 0 fully saturated rings. The second-order valence-corrected chi connectivity index (χ2v) is 5.73. The molecule has 4 nitrogen and oxygen atoms in total. The van der Waals surface area contributed by atoms with E-state index in [1.807, 2.05) is 60.7 Å². The number of methoxy groups -OCH3 is 2. The second-order valence-electron chi connectivity index (χ2n) is 5.73. The van der Waals surface area contributed by atoms with Crippen molar-refractivity contribution in [1.82, 2.24) is 0 Å². The highest BCUT2D eigenvalue weighted by molar-refractivity contribution is 6.00. The molecule has 3 aromatic carbocycles. The number of hydrogen-bond donors (Lipinski definition) is 1. The molecule has 0 radical (unpaired) electrons. The van der Waals surface area contributed by atoms with Crippen molar-refractivity contribution in [3.8, 4) is 11.5 Å². The van der Waals surface area contributed by atoms with Gasteiger partial charge in [0.05, 0.1) is 19.9 Å². The summed E-state index contributed by atoms with van der Waals surface area (Å²) in [6.07, 6.45) is 0.410. The molecule has 25 heavy (non-hydrogen) atoms. The third-order valence-electron chi connectivity index (χ3n) is 4.15. The molecule has 128 valence electrons. The van der Waals surface area contributed by atoms with E-state index in [1.54, 1.807) is 14.2 Å². The maximum absolute atomic E-state index is 12.4. The number of carbonyl (C=O) groups excluding carboxylic acids is 1. The van der Waals surface area contributed by atoms with Crippen molar-refractivity contribution in [3.05, 3.63) is 66.2 Å². The standard InChI is InChI=1S/C21H21NO3/c1-24-18-9-10-19(21(14-18)25-2)22-12-11-20(23)17-8-7-15-5-3-4-6-16(15)13-17/h3-10,13-14,22H,11-12H2,1-2H3. The summed E-state index contributed by atoms with van der Waals surface area (Å²) in [6.45, 7) is 0.536. The number of hydrogen-bond acceptors (Lipinski definition) is 4. The number of ether oxygens (including phenoxy) is 2. The number of Topliss-reactive ketones (excluding diaryl/α,β-unsaturated/α-hetero) is 1. The molecule has 3 rings (SSSR count). The maximum atomic E-state index is 12.4. The van der Waals surface area contributed by atoms with Crippen molar-refractivity contribution in [3.63, 3.8) is 0 Å². The Labute approximate surface area is 147 Å². The van der Waals surface area contributed by atoms with E-state index < -0.39 is 0 Å². The van der Waals surface area contributed by atoms with E-state index in [2.05, 4.69) is 5.32 Å². The molecule has 0 unspecified atom stereocenters. The Hall–Kier alpha value is -3.01. The van der Waals surface area contributed by atoms with Crippen molar-refractivity contribution in [2.45, 2.75) is 6.42 Å². The van der Waals surface area contributed by atoms with Crippen LogP contribution in [-0.2, 0) is 0 Å². The first-order valence-corrected chi connectivity index (χ1v) is 8.19. The van der Waals surface area contributed by atoms with Gasteiger partial charge in [-0.15, -0.1) is 0 Å². The van der Waals surface area contributed by atoms with Gasteiger partial charge in [-0.1, -0.05) is 36.4 Å². The molecule has 0 aliphatic carbocycles. The molecule has 3 aromatic rings. The molecule has 0 spiro atoms. The van der Waals surface area contributed by atoms with Crippen molar-refractivity contribution in [1.29, 1.82) is 0 Å². The van der Waals surface area contributed by atoms with E-state index in [0.717, 1.165) is 27.8 Å². The van der Waals surface area contributed by atoms with Gasteiger partial charge in [0.2, 0.25) is 0 Å². The van der Waals surface area contributed by atoms with Gasteiger partial charge in [0.15, 0.2) is 5.78 Å². The van der Waals surface area contributed by atoms with Gasteiger partial charge in [-0.25, -0.2) is 0 Å². The van der Waals surface area contributed by atoms with Crippen LogP contribution in [0, 0.1) is 0 Å². The van der Waals surface area contributed by atoms with Gasteiger partial charge in [0.25, 0.3) is 0 Å². The summed E-state index contributed by atoms with van der Waals surface area (Å²) in [5.74, 6) is 1.54. The van der Waals surface area contributed by atoms with Gasteiger partial charge < -0.3 is 14.8 Å². The minimum atomic E-state index is 0.116. The van der Waals surface area contributed by atoms with Crippen LogP contribution in [-0.4, -0.2) is 26.5 Å². The Bertz CT molecular complexity index is 889. The summed E-state index contributed by atoms with van der Waals surface area (Å²) in [4.78, 5) is 12.4. The predicted molar refractivity (Wildman–Crippen MR) is 101 cm³/mol. The smallest absolute Gasteiger partial charge is 0.164 e. The topological polar surface area (TPSA) is 47.6 Å². The van der Waals surface area contributed by atoms with Crippen LogP contribution in [0.1, 0.15) is 16.8 Å². The monoisotopic (exact) mass is 335 g/mol. The minimum absolute atomic E-state index is 0.116. The van der Waals surface area contributed by atoms with Crippen LogP contribution in [0.25, 0.3) is 10.8 Å². The Morgan fingerprint density at radius 3 is 2.48 bits per heavy atom. The predicted octanol–water partition coefficient (Wildman–Crippen LogP) is 4.54. The Morgan fingerprint density at radius 2 is 1.72 bits per heavy atom. The van der Waals surface area contributed by atoms with Gasteiger partial charge >= 0.3 is 0 Å². The van der Waals surface area contributed by atoms with Crippen LogP contribution in [0.3, 0.4) is 0 Å². The minimum Gasteiger partial charge on any atom is -0.497 e. The van der Waals surface area contributed by atoms with Crippen molar-refractivity contribution in [2.24, 2.45) is 0 Å². The molecule has 0 atom stereocenters. The summed E-state index contributed by atoms with van der Waals surface area (Å²) >= 11 is 0. The third kappa shape index (κ3) is 3.91. The highest BCUT2D eigenvalue weighted by atomic mass is 16.5. The van der Waals surface area contributed by atoms with E-state index in [9.17, 15) is 4.79 Å². The zero-order valence-electron chi connectivity index (χ0n) is 14.4. The number of carbonyl (C=O) groups is 1. The first-order valence-electron chi connectivity index (χ1n) is 8.19. The molecule has 0 aliphatic heterocycles. The van der Waals surface area contributed by atoms with Gasteiger partial charge in [-0.05, 0) is 29.0 Å². The summed E-state index contributed by atoms with van der Waals surface area (Å²) in [6, 6.07) is 19.4. The SMILES string of the molecule is COc1ccc(NCCC(=O)c2ccc3ccccc3c2)c(OC)c1. The molecule has 0 aromatic heterocycles. The maximum Gasteiger partial charge on any atom is 0.164 e. The Balaban J connectivity index is 1.64. The van der Waals surface area contributed by atoms with Crippen LogP contribution in [0.4, 0.5) is 5.69 Å². The Morgan fingerprint density at radius 1 is 0.920 bits per heavy atom. The van der Waals surface area contributed by atoms with Gasteiger partial charge in [-0.2, -0.15) is 0 Å². The molecule has 0 saturated heterocycles. The first-order chi connectivity index (χ1) is 12.2. The zero-order valence-corrected chi connectivity index (χ0v) is 14.4. The molecule has 0 heterocycles. The van der Waals surface area contributed by atoms with Crippen LogP contribution in [0.15, 0.2) is 60.7 Å². The van der Waals surface area contributed by atoms with Crippen molar-refractivity contribution in [2.75, 3.05) is 26.1 Å². The lowest BCUT2D eigenvalue weighted by atomic mass is 10.0. The molecule has 4 heteroatoms. The number of fused-ring (bicyclic) bond motifs is 1. The molecule has 0 bridgehead atoms. The second kappa shape index (κ2) is 7.71. The van der Waals surface area contributed by atoms with Crippen LogP contribution >= 0.6 is 0 Å². The van der Waals surface area contributed by atoms with Crippen molar-refractivity contribution >= 4 is 22.2 Å². The van der Waals surface area contributed by atoms with Gasteiger partial charge in [0.1, 0.15) is 11.5 Å². The van der Waals surface area contributed by atoms with Crippen LogP contribution in [0.5, 0.6) is 11.5 Å². The summed E-state index contributed by atoms with van der Waals surface area (Å²) in [5, 5.41) is 5.47. The van der Waals surface area contributed by atoms with Gasteiger partial charge in [-0.3, -0.25) is 4.79 Å². The largest absolute Gasteiger partial charge is 0.497 e. The fraction of sp³-hybridized carbons (Fsp3) is 0.190. The lowest BCUT2D eigenvalue weighted by Crippen LogP contribution is -2.09. The molecular weight excluding hydrogens is 314 g/mol. The lowest BCUT2D eigenvalue weighted by Gasteiger charge is -2.12. The molecule has 1 N–H and O–H groups in total. The fourth-order valence-corrected chi connectivity index (χ4v) is 2.76. The quantitative estimate of drug-likeness (QED) is 0.644. The zero-order chi connectivity index (χ0) is 17.6. The molecule has 0 aliphatic rings. The normalized spacial score (nSPS) is 10.5. The third-order valence-corrected chi connectivity index (χ3v) is 4.15. The fourth-order valence-electron chi connectivity index (χ4n) is 2.76. The highest BCUT2D eigenvalue weighted by Gasteiger charge is 2.08. The summed E-state index contributed by atoms with van der Waals surface area (Å²) in [7, 11) is 3.23. The number of rotatable bonds is 7.